The molecule has 0 aliphatic rings. The monoisotopic (exact) mass is 376 g/mol. The van der Waals surface area contributed by atoms with Gasteiger partial charge in [0.1, 0.15) is 5.82 Å². The van der Waals surface area contributed by atoms with Crippen LogP contribution in [0, 0.1) is 5.82 Å². The molecule has 5 heteroatoms. The van der Waals surface area contributed by atoms with Gasteiger partial charge in [0.25, 0.3) is 11.8 Å². The average molecular weight is 376 g/mol. The second kappa shape index (κ2) is 8.95. The molecule has 3 aromatic carbocycles. The third-order valence-corrected chi connectivity index (χ3v) is 4.40. The van der Waals surface area contributed by atoms with Gasteiger partial charge >= 0.3 is 0 Å². The molecule has 1 N–H and O–H groups in total. The van der Waals surface area contributed by atoms with Crippen LogP contribution in [0.4, 0.5) is 4.39 Å². The second-order valence-corrected chi connectivity index (χ2v) is 6.50. The van der Waals surface area contributed by atoms with Crippen LogP contribution in [0.5, 0.6) is 0 Å². The minimum atomic E-state index is -0.356. The number of carbonyl (C=O) groups is 2. The maximum atomic E-state index is 13.6. The Kier molecular flexibility index (Phi) is 6.17. The number of amides is 2. The Morgan fingerprint density at radius 3 is 2.14 bits per heavy atom. The summed E-state index contributed by atoms with van der Waals surface area (Å²) in [4.78, 5) is 26.4. The van der Waals surface area contributed by atoms with Crippen LogP contribution >= 0.6 is 0 Å². The Balaban J connectivity index is 1.60. The number of benzene rings is 3. The van der Waals surface area contributed by atoms with E-state index in [0.29, 0.717) is 23.2 Å². The van der Waals surface area contributed by atoms with Crippen LogP contribution in [0.25, 0.3) is 0 Å². The fraction of sp³-hybridized carbons (Fsp3) is 0.130. The third kappa shape index (κ3) is 4.82. The van der Waals surface area contributed by atoms with Crippen LogP contribution in [-0.4, -0.2) is 23.8 Å². The number of carbonyl (C=O) groups excluding carboxylic acids is 2. The molecule has 0 heterocycles. The molecule has 0 spiro atoms. The van der Waals surface area contributed by atoms with Gasteiger partial charge in [0.05, 0.1) is 0 Å². The van der Waals surface area contributed by atoms with Gasteiger partial charge in [0, 0.05) is 36.8 Å². The van der Waals surface area contributed by atoms with Crippen molar-refractivity contribution in [2.45, 2.75) is 13.1 Å². The molecule has 0 radical (unpaired) electrons. The Morgan fingerprint density at radius 2 is 1.46 bits per heavy atom. The van der Waals surface area contributed by atoms with E-state index in [4.69, 9.17) is 0 Å². The van der Waals surface area contributed by atoms with Crippen molar-refractivity contribution in [1.29, 1.82) is 0 Å². The molecule has 0 bridgehead atoms. The number of halogens is 1. The minimum Gasteiger partial charge on any atom is -0.348 e. The van der Waals surface area contributed by atoms with Crippen molar-refractivity contribution in [3.8, 4) is 0 Å². The van der Waals surface area contributed by atoms with E-state index >= 15 is 0 Å². The van der Waals surface area contributed by atoms with Gasteiger partial charge in [-0.25, -0.2) is 4.39 Å². The summed E-state index contributed by atoms with van der Waals surface area (Å²) in [6, 6.07) is 22.5. The zero-order valence-electron chi connectivity index (χ0n) is 15.6. The van der Waals surface area contributed by atoms with E-state index in [1.54, 1.807) is 54.4 Å². The second-order valence-electron chi connectivity index (χ2n) is 6.50. The quantitative estimate of drug-likeness (QED) is 0.706. The number of nitrogens with one attached hydrogen (secondary N) is 1. The highest BCUT2D eigenvalue weighted by atomic mass is 19.1. The molecule has 0 aliphatic carbocycles. The van der Waals surface area contributed by atoms with E-state index in [1.807, 2.05) is 30.3 Å². The molecule has 2 amide bonds. The molecule has 4 nitrogen and oxygen atoms in total. The highest BCUT2D eigenvalue weighted by Gasteiger charge is 2.13. The van der Waals surface area contributed by atoms with Crippen molar-refractivity contribution in [1.82, 2.24) is 10.2 Å². The molecule has 0 saturated carbocycles. The third-order valence-electron chi connectivity index (χ3n) is 4.40. The molecular formula is C23H21FN2O2. The van der Waals surface area contributed by atoms with Gasteiger partial charge in [-0.1, -0.05) is 48.5 Å². The summed E-state index contributed by atoms with van der Waals surface area (Å²) in [5, 5.41) is 2.69. The summed E-state index contributed by atoms with van der Waals surface area (Å²) in [5.41, 5.74) is 2.38. The van der Waals surface area contributed by atoms with Crippen molar-refractivity contribution in [3.05, 3.63) is 107 Å². The van der Waals surface area contributed by atoms with Gasteiger partial charge in [-0.05, 0) is 35.9 Å². The van der Waals surface area contributed by atoms with Gasteiger partial charge in [-0.2, -0.15) is 0 Å². The van der Waals surface area contributed by atoms with Crippen molar-refractivity contribution in [2.75, 3.05) is 7.05 Å². The Hall–Kier alpha value is -3.47. The average Bonchev–Trinajstić information content (AvgIpc) is 2.73. The van der Waals surface area contributed by atoms with Crippen LogP contribution in [0.3, 0.4) is 0 Å². The number of hydrogen-bond acceptors (Lipinski definition) is 2. The lowest BCUT2D eigenvalue weighted by atomic mass is 10.1. The molecule has 28 heavy (non-hydrogen) atoms. The van der Waals surface area contributed by atoms with Gasteiger partial charge in [0.15, 0.2) is 0 Å². The van der Waals surface area contributed by atoms with Crippen molar-refractivity contribution in [2.24, 2.45) is 0 Å². The Labute approximate surface area is 163 Å². The molecule has 0 aliphatic heterocycles. The zero-order chi connectivity index (χ0) is 19.9. The van der Waals surface area contributed by atoms with Crippen LogP contribution in [-0.2, 0) is 13.1 Å². The molecule has 0 atom stereocenters. The molecule has 3 rings (SSSR count). The first-order valence-electron chi connectivity index (χ1n) is 8.95. The SMILES string of the molecule is CN(Cc1ccccc1)C(=O)c1ccc(C(=O)NCc2ccccc2F)cc1. The predicted molar refractivity (Wildman–Crippen MR) is 106 cm³/mol. The summed E-state index contributed by atoms with van der Waals surface area (Å²) in [6.07, 6.45) is 0. The van der Waals surface area contributed by atoms with Gasteiger partial charge in [0.2, 0.25) is 0 Å². The Morgan fingerprint density at radius 1 is 0.857 bits per heavy atom. The van der Waals surface area contributed by atoms with E-state index in [0.717, 1.165) is 5.56 Å². The maximum absolute atomic E-state index is 13.6. The molecule has 142 valence electrons. The molecular weight excluding hydrogens is 355 g/mol. The summed E-state index contributed by atoms with van der Waals surface area (Å²) in [7, 11) is 1.74. The van der Waals surface area contributed by atoms with Crippen molar-refractivity contribution >= 4 is 11.8 Å². The minimum absolute atomic E-state index is 0.103. The van der Waals surface area contributed by atoms with E-state index in [2.05, 4.69) is 5.32 Å². The van der Waals surface area contributed by atoms with E-state index in [1.165, 1.54) is 6.07 Å². The fourth-order valence-corrected chi connectivity index (χ4v) is 2.83. The van der Waals surface area contributed by atoms with Crippen molar-refractivity contribution < 1.29 is 14.0 Å². The standard InChI is InChI=1S/C23H21FN2O2/c1-26(16-17-7-3-2-4-8-17)23(28)19-13-11-18(12-14-19)22(27)25-15-20-9-5-6-10-21(20)24/h2-14H,15-16H2,1H3,(H,25,27). The summed E-state index contributed by atoms with van der Waals surface area (Å²) < 4.78 is 13.6. The largest absolute Gasteiger partial charge is 0.348 e. The molecule has 0 fully saturated rings. The Bertz CT molecular complexity index is 956. The number of rotatable bonds is 6. The van der Waals surface area contributed by atoms with Crippen LogP contribution in [0.15, 0.2) is 78.9 Å². The highest BCUT2D eigenvalue weighted by Crippen LogP contribution is 2.11. The first-order chi connectivity index (χ1) is 13.5. The lowest BCUT2D eigenvalue weighted by molar-refractivity contribution is 0.0784. The topological polar surface area (TPSA) is 49.4 Å². The summed E-state index contributed by atoms with van der Waals surface area (Å²) >= 11 is 0. The van der Waals surface area contributed by atoms with E-state index < -0.39 is 0 Å². The number of hydrogen-bond donors (Lipinski definition) is 1. The van der Waals surface area contributed by atoms with Crippen molar-refractivity contribution in [3.63, 3.8) is 0 Å². The van der Waals surface area contributed by atoms with Crippen LogP contribution in [0.2, 0.25) is 0 Å². The molecule has 3 aromatic rings. The predicted octanol–water partition coefficient (Wildman–Crippen LogP) is 4.03. The zero-order valence-corrected chi connectivity index (χ0v) is 15.6. The summed E-state index contributed by atoms with van der Waals surface area (Å²) in [6.45, 7) is 0.608. The lowest BCUT2D eigenvalue weighted by Gasteiger charge is -2.17. The van der Waals surface area contributed by atoms with E-state index in [9.17, 15) is 14.0 Å². The summed E-state index contributed by atoms with van der Waals surface area (Å²) in [5.74, 6) is -0.799. The lowest BCUT2D eigenvalue weighted by Crippen LogP contribution is -2.26. The maximum Gasteiger partial charge on any atom is 0.253 e. The molecule has 0 unspecified atom stereocenters. The van der Waals surface area contributed by atoms with E-state index in [-0.39, 0.29) is 24.2 Å². The van der Waals surface area contributed by atoms with Gasteiger partial charge in [-0.3, -0.25) is 9.59 Å². The normalized spacial score (nSPS) is 10.4. The fourth-order valence-electron chi connectivity index (χ4n) is 2.83. The first kappa shape index (κ1) is 19.3. The first-order valence-corrected chi connectivity index (χ1v) is 8.95. The molecule has 0 saturated heterocycles. The van der Waals surface area contributed by atoms with Crippen LogP contribution in [0.1, 0.15) is 31.8 Å². The number of nitrogens with zero attached hydrogens (tertiary/aromatic N) is 1. The highest BCUT2D eigenvalue weighted by molar-refractivity contribution is 5.97. The smallest absolute Gasteiger partial charge is 0.253 e. The van der Waals surface area contributed by atoms with Gasteiger partial charge in [-0.15, -0.1) is 0 Å². The van der Waals surface area contributed by atoms with Gasteiger partial charge < -0.3 is 10.2 Å². The van der Waals surface area contributed by atoms with Crippen LogP contribution < -0.4 is 5.32 Å². The molecule has 0 aromatic heterocycles.